The van der Waals surface area contributed by atoms with E-state index in [9.17, 15) is 4.39 Å². The average Bonchev–Trinajstić information content (AvgIpc) is 2.90. The van der Waals surface area contributed by atoms with Crippen molar-refractivity contribution in [2.24, 2.45) is 0 Å². The fraction of sp³-hybridized carbons (Fsp3) is 0.625. The van der Waals surface area contributed by atoms with Gasteiger partial charge < -0.3 is 15.4 Å². The van der Waals surface area contributed by atoms with Gasteiger partial charge in [-0.2, -0.15) is 0 Å². The van der Waals surface area contributed by atoms with E-state index in [4.69, 9.17) is 4.74 Å². The molecule has 0 heterocycles. The van der Waals surface area contributed by atoms with Crippen LogP contribution in [0.1, 0.15) is 110 Å². The van der Waals surface area contributed by atoms with Gasteiger partial charge in [-0.05, 0) is 49.2 Å². The standard InChI is InChI=1S/C32H51FN2O/c1-3-5-7-8-9-10-11-12-13-14-15-16-19-29(35-32-21-18-17-20-31(32)33)27-34-28-22-24-30(25-23-28)36-26-6-4-2/h17-18,20-25,29,34-35H,3-16,19,26-27H2,1-2H3. The summed E-state index contributed by atoms with van der Waals surface area (Å²) in [5, 5.41) is 6.97. The number of halogens is 1. The molecule has 0 fully saturated rings. The van der Waals surface area contributed by atoms with E-state index < -0.39 is 0 Å². The second-order valence-corrected chi connectivity index (χ2v) is 10.1. The molecule has 0 bridgehead atoms. The van der Waals surface area contributed by atoms with Crippen molar-refractivity contribution >= 4 is 11.4 Å². The van der Waals surface area contributed by atoms with E-state index in [2.05, 4.69) is 36.6 Å². The lowest BCUT2D eigenvalue weighted by molar-refractivity contribution is 0.309. The van der Waals surface area contributed by atoms with Gasteiger partial charge in [-0.15, -0.1) is 0 Å². The van der Waals surface area contributed by atoms with Gasteiger partial charge in [-0.3, -0.25) is 0 Å². The van der Waals surface area contributed by atoms with Gasteiger partial charge in [0, 0.05) is 18.3 Å². The number of anilines is 2. The molecule has 0 aliphatic rings. The molecule has 0 radical (unpaired) electrons. The van der Waals surface area contributed by atoms with E-state index in [1.54, 1.807) is 6.07 Å². The van der Waals surface area contributed by atoms with Crippen LogP contribution in [-0.2, 0) is 0 Å². The summed E-state index contributed by atoms with van der Waals surface area (Å²) < 4.78 is 20.0. The van der Waals surface area contributed by atoms with Crippen molar-refractivity contribution in [2.45, 2.75) is 116 Å². The van der Waals surface area contributed by atoms with Gasteiger partial charge in [0.1, 0.15) is 11.6 Å². The van der Waals surface area contributed by atoms with Crippen molar-refractivity contribution in [3.63, 3.8) is 0 Å². The van der Waals surface area contributed by atoms with Gasteiger partial charge >= 0.3 is 0 Å². The first-order chi connectivity index (χ1) is 17.7. The molecule has 2 aromatic rings. The first kappa shape index (κ1) is 30.0. The molecule has 0 aromatic heterocycles. The predicted molar refractivity (Wildman–Crippen MR) is 155 cm³/mol. The number of unbranched alkanes of at least 4 members (excludes halogenated alkanes) is 12. The van der Waals surface area contributed by atoms with E-state index in [-0.39, 0.29) is 11.9 Å². The van der Waals surface area contributed by atoms with Crippen LogP contribution < -0.4 is 15.4 Å². The van der Waals surface area contributed by atoms with E-state index in [1.807, 2.05) is 24.3 Å². The Balaban J connectivity index is 1.70. The summed E-state index contributed by atoms with van der Waals surface area (Å²) in [6.45, 7) is 5.96. The molecule has 0 amide bonds. The number of ether oxygens (including phenoxy) is 1. The van der Waals surface area contributed by atoms with Gasteiger partial charge in [0.2, 0.25) is 0 Å². The van der Waals surface area contributed by atoms with Crippen LogP contribution in [0, 0.1) is 5.82 Å². The highest BCUT2D eigenvalue weighted by molar-refractivity contribution is 5.48. The van der Waals surface area contributed by atoms with E-state index >= 15 is 0 Å². The van der Waals surface area contributed by atoms with Crippen molar-refractivity contribution in [2.75, 3.05) is 23.8 Å². The molecule has 202 valence electrons. The van der Waals surface area contributed by atoms with Crippen LogP contribution in [0.2, 0.25) is 0 Å². The molecular weight excluding hydrogens is 447 g/mol. The van der Waals surface area contributed by atoms with Gasteiger partial charge in [-0.1, -0.05) is 109 Å². The minimum Gasteiger partial charge on any atom is -0.494 e. The van der Waals surface area contributed by atoms with Gasteiger partial charge in [-0.25, -0.2) is 4.39 Å². The first-order valence-corrected chi connectivity index (χ1v) is 14.7. The quantitative estimate of drug-likeness (QED) is 0.158. The Kier molecular flexibility index (Phi) is 16.6. The first-order valence-electron chi connectivity index (χ1n) is 14.7. The molecule has 2 rings (SSSR count). The average molecular weight is 499 g/mol. The van der Waals surface area contributed by atoms with E-state index in [0.717, 1.165) is 50.3 Å². The molecule has 2 aromatic carbocycles. The summed E-state index contributed by atoms with van der Waals surface area (Å²) in [5.41, 5.74) is 1.65. The zero-order chi connectivity index (χ0) is 25.7. The lowest BCUT2D eigenvalue weighted by atomic mass is 10.0. The van der Waals surface area contributed by atoms with Gasteiger partial charge in [0.15, 0.2) is 0 Å². The zero-order valence-electron chi connectivity index (χ0n) is 23.0. The van der Waals surface area contributed by atoms with Crippen molar-refractivity contribution < 1.29 is 9.13 Å². The molecule has 4 heteroatoms. The third-order valence-electron chi connectivity index (χ3n) is 6.81. The second-order valence-electron chi connectivity index (χ2n) is 10.1. The highest BCUT2D eigenvalue weighted by Gasteiger charge is 2.11. The SMILES string of the molecule is CCCCCCCCCCCCCCC(CNc1ccc(OCCCC)cc1)Nc1ccccc1F. The minimum absolute atomic E-state index is 0.172. The summed E-state index contributed by atoms with van der Waals surface area (Å²) in [5.74, 6) is 0.720. The highest BCUT2D eigenvalue weighted by atomic mass is 19.1. The molecule has 0 aliphatic heterocycles. The third kappa shape index (κ3) is 13.8. The number of hydrogen-bond acceptors (Lipinski definition) is 3. The van der Waals surface area contributed by atoms with Crippen molar-refractivity contribution in [1.29, 1.82) is 0 Å². The number of hydrogen-bond donors (Lipinski definition) is 2. The minimum atomic E-state index is -0.189. The maximum atomic E-state index is 14.3. The summed E-state index contributed by atoms with van der Waals surface area (Å²) in [6.07, 6.45) is 19.4. The van der Waals surface area contributed by atoms with E-state index in [0.29, 0.717) is 5.69 Å². The molecule has 0 spiro atoms. The smallest absolute Gasteiger partial charge is 0.146 e. The maximum Gasteiger partial charge on any atom is 0.146 e. The number of benzene rings is 2. The Morgan fingerprint density at radius 2 is 1.28 bits per heavy atom. The molecule has 1 atom stereocenters. The molecule has 36 heavy (non-hydrogen) atoms. The molecule has 2 N–H and O–H groups in total. The van der Waals surface area contributed by atoms with Crippen molar-refractivity contribution in [3.8, 4) is 5.75 Å². The summed E-state index contributed by atoms with van der Waals surface area (Å²) in [7, 11) is 0. The van der Waals surface area contributed by atoms with Crippen LogP contribution >= 0.6 is 0 Å². The Bertz CT molecular complexity index is 780. The summed E-state index contributed by atoms with van der Waals surface area (Å²) in [4.78, 5) is 0. The molecule has 0 saturated carbocycles. The lowest BCUT2D eigenvalue weighted by Gasteiger charge is -2.22. The molecular formula is C32H51FN2O. The number of para-hydroxylation sites is 1. The van der Waals surface area contributed by atoms with Crippen LogP contribution in [0.25, 0.3) is 0 Å². The van der Waals surface area contributed by atoms with Crippen LogP contribution in [0.3, 0.4) is 0 Å². The van der Waals surface area contributed by atoms with Crippen molar-refractivity contribution in [1.82, 2.24) is 0 Å². The predicted octanol–water partition coefficient (Wildman–Crippen LogP) is 9.99. The Labute approximate surface area is 220 Å². The molecule has 1 unspecified atom stereocenters. The van der Waals surface area contributed by atoms with Gasteiger partial charge in [0.05, 0.1) is 12.3 Å². The van der Waals surface area contributed by atoms with Crippen LogP contribution in [0.4, 0.5) is 15.8 Å². The Morgan fingerprint density at radius 3 is 1.89 bits per heavy atom. The van der Waals surface area contributed by atoms with Crippen LogP contribution in [-0.4, -0.2) is 19.2 Å². The fourth-order valence-electron chi connectivity index (χ4n) is 4.50. The highest BCUT2D eigenvalue weighted by Crippen LogP contribution is 2.20. The normalized spacial score (nSPS) is 11.9. The monoisotopic (exact) mass is 498 g/mol. The third-order valence-corrected chi connectivity index (χ3v) is 6.81. The van der Waals surface area contributed by atoms with Crippen molar-refractivity contribution in [3.05, 3.63) is 54.3 Å². The van der Waals surface area contributed by atoms with Gasteiger partial charge in [0.25, 0.3) is 0 Å². The fourth-order valence-corrected chi connectivity index (χ4v) is 4.50. The Morgan fingerprint density at radius 1 is 0.694 bits per heavy atom. The number of nitrogens with one attached hydrogen (secondary N) is 2. The zero-order valence-corrected chi connectivity index (χ0v) is 23.0. The second kappa shape index (κ2) is 19.9. The summed E-state index contributed by atoms with van der Waals surface area (Å²) >= 11 is 0. The lowest BCUT2D eigenvalue weighted by Crippen LogP contribution is -2.28. The van der Waals surface area contributed by atoms with Crippen LogP contribution in [0.15, 0.2) is 48.5 Å². The summed E-state index contributed by atoms with van der Waals surface area (Å²) in [6, 6.07) is 15.3. The molecule has 0 aliphatic carbocycles. The maximum absolute atomic E-state index is 14.3. The molecule has 3 nitrogen and oxygen atoms in total. The van der Waals surface area contributed by atoms with E-state index in [1.165, 1.54) is 76.7 Å². The van der Waals surface area contributed by atoms with Crippen LogP contribution in [0.5, 0.6) is 5.75 Å². The largest absolute Gasteiger partial charge is 0.494 e. The Hall–Kier alpha value is -2.23. The molecule has 0 saturated heterocycles. The topological polar surface area (TPSA) is 33.3 Å². The number of rotatable bonds is 22.